The van der Waals surface area contributed by atoms with Crippen molar-refractivity contribution in [2.75, 3.05) is 19.6 Å². The summed E-state index contributed by atoms with van der Waals surface area (Å²) in [4.78, 5) is 14.1. The van der Waals surface area contributed by atoms with E-state index in [2.05, 4.69) is 17.1 Å². The maximum Gasteiger partial charge on any atom is 0.234 e. The summed E-state index contributed by atoms with van der Waals surface area (Å²) in [6.45, 7) is 5.40. The third kappa shape index (κ3) is 4.84. The molecule has 1 atom stereocenters. The topological polar surface area (TPSA) is 32.3 Å². The highest BCUT2D eigenvalue weighted by Crippen LogP contribution is 2.14. The minimum atomic E-state index is 0.101. The Morgan fingerprint density at radius 3 is 2.84 bits per heavy atom. The summed E-state index contributed by atoms with van der Waals surface area (Å²) in [6, 6.07) is 7.56. The van der Waals surface area contributed by atoms with Gasteiger partial charge in [-0.05, 0) is 43.0 Å². The summed E-state index contributed by atoms with van der Waals surface area (Å²) in [5, 5.41) is 3.68. The zero-order valence-electron chi connectivity index (χ0n) is 11.4. The quantitative estimate of drug-likeness (QED) is 0.920. The Balaban J connectivity index is 1.73. The van der Waals surface area contributed by atoms with Gasteiger partial charge in [0.2, 0.25) is 5.91 Å². The molecule has 1 fully saturated rings. The first-order chi connectivity index (χ1) is 9.13. The van der Waals surface area contributed by atoms with Gasteiger partial charge in [0.05, 0.1) is 6.54 Å². The number of hydrogen-bond donors (Lipinski definition) is 1. The van der Waals surface area contributed by atoms with Gasteiger partial charge >= 0.3 is 0 Å². The molecule has 0 aliphatic carbocycles. The molecule has 0 radical (unpaired) electrons. The Morgan fingerprint density at radius 1 is 1.42 bits per heavy atom. The summed E-state index contributed by atoms with van der Waals surface area (Å²) in [7, 11) is 0. The van der Waals surface area contributed by atoms with Crippen LogP contribution >= 0.6 is 11.6 Å². The highest BCUT2D eigenvalue weighted by atomic mass is 35.5. The van der Waals surface area contributed by atoms with Gasteiger partial charge in [-0.1, -0.05) is 30.7 Å². The smallest absolute Gasteiger partial charge is 0.234 e. The van der Waals surface area contributed by atoms with Crippen molar-refractivity contribution >= 4 is 17.5 Å². The first-order valence-electron chi connectivity index (χ1n) is 6.87. The van der Waals surface area contributed by atoms with Gasteiger partial charge in [0, 0.05) is 18.1 Å². The first kappa shape index (κ1) is 14.4. The van der Waals surface area contributed by atoms with Gasteiger partial charge in [0.1, 0.15) is 0 Å². The number of halogens is 1. The summed E-state index contributed by atoms with van der Waals surface area (Å²) in [5.74, 6) is 0.807. The van der Waals surface area contributed by atoms with E-state index in [1.54, 1.807) is 0 Å². The Bertz CT molecular complexity index is 419. The van der Waals surface area contributed by atoms with Gasteiger partial charge in [0.25, 0.3) is 0 Å². The molecule has 4 heteroatoms. The van der Waals surface area contributed by atoms with E-state index in [9.17, 15) is 4.79 Å². The maximum atomic E-state index is 11.9. The molecule has 1 unspecified atom stereocenters. The van der Waals surface area contributed by atoms with Crippen LogP contribution in [0.5, 0.6) is 0 Å². The van der Waals surface area contributed by atoms with E-state index in [0.717, 1.165) is 23.7 Å². The van der Waals surface area contributed by atoms with Gasteiger partial charge in [-0.2, -0.15) is 0 Å². The van der Waals surface area contributed by atoms with Gasteiger partial charge in [0.15, 0.2) is 0 Å². The lowest BCUT2D eigenvalue weighted by Crippen LogP contribution is -2.41. The van der Waals surface area contributed by atoms with Crippen molar-refractivity contribution in [3.63, 3.8) is 0 Å². The van der Waals surface area contributed by atoms with Gasteiger partial charge < -0.3 is 5.32 Å². The molecule has 3 nitrogen and oxygen atoms in total. The van der Waals surface area contributed by atoms with E-state index in [4.69, 9.17) is 11.6 Å². The second-order valence-corrected chi connectivity index (χ2v) is 5.82. The Kier molecular flexibility index (Phi) is 5.23. The minimum Gasteiger partial charge on any atom is -0.351 e. The molecule has 1 aromatic carbocycles. The number of rotatable bonds is 4. The number of benzene rings is 1. The normalized spacial score (nSPS) is 20.2. The predicted molar refractivity (Wildman–Crippen MR) is 78.1 cm³/mol. The molecule has 0 saturated carbocycles. The SMILES string of the molecule is CC1CCCN(CC(=O)NCc2ccc(Cl)cc2)C1. The van der Waals surface area contributed by atoms with Gasteiger partial charge in [-0.15, -0.1) is 0 Å². The van der Waals surface area contributed by atoms with Crippen molar-refractivity contribution in [1.82, 2.24) is 10.2 Å². The number of carbonyl (C=O) groups is 1. The molecule has 0 spiro atoms. The number of piperidine rings is 1. The Morgan fingerprint density at radius 2 is 2.16 bits per heavy atom. The maximum absolute atomic E-state index is 11.9. The Hall–Kier alpha value is -1.06. The molecule has 1 saturated heterocycles. The van der Waals surface area contributed by atoms with Gasteiger partial charge in [-0.3, -0.25) is 9.69 Å². The van der Waals surface area contributed by atoms with E-state index in [-0.39, 0.29) is 5.91 Å². The lowest BCUT2D eigenvalue weighted by Gasteiger charge is -2.30. The number of amides is 1. The molecular formula is C15H21ClN2O. The van der Waals surface area contributed by atoms with Crippen LogP contribution in [-0.4, -0.2) is 30.4 Å². The molecule has 1 aliphatic rings. The molecule has 1 heterocycles. The molecular weight excluding hydrogens is 260 g/mol. The Labute approximate surface area is 119 Å². The molecule has 1 amide bonds. The fourth-order valence-corrected chi connectivity index (χ4v) is 2.62. The van der Waals surface area contributed by atoms with Crippen molar-refractivity contribution in [2.45, 2.75) is 26.3 Å². The summed E-state index contributed by atoms with van der Waals surface area (Å²) in [6.07, 6.45) is 2.48. The summed E-state index contributed by atoms with van der Waals surface area (Å²) < 4.78 is 0. The first-order valence-corrected chi connectivity index (χ1v) is 7.25. The van der Waals surface area contributed by atoms with E-state index in [1.165, 1.54) is 12.8 Å². The summed E-state index contributed by atoms with van der Waals surface area (Å²) in [5.41, 5.74) is 1.07. The van der Waals surface area contributed by atoms with Crippen molar-refractivity contribution in [3.05, 3.63) is 34.9 Å². The van der Waals surface area contributed by atoms with E-state index < -0.39 is 0 Å². The van der Waals surface area contributed by atoms with Crippen LogP contribution in [0.3, 0.4) is 0 Å². The zero-order chi connectivity index (χ0) is 13.7. The summed E-state index contributed by atoms with van der Waals surface area (Å²) >= 11 is 5.82. The van der Waals surface area contributed by atoms with Crippen molar-refractivity contribution in [3.8, 4) is 0 Å². The van der Waals surface area contributed by atoms with E-state index in [1.807, 2.05) is 24.3 Å². The zero-order valence-corrected chi connectivity index (χ0v) is 12.1. The number of likely N-dealkylation sites (tertiary alicyclic amines) is 1. The highest BCUT2D eigenvalue weighted by molar-refractivity contribution is 6.30. The van der Waals surface area contributed by atoms with E-state index >= 15 is 0 Å². The molecule has 1 N–H and O–H groups in total. The van der Waals surface area contributed by atoms with Crippen molar-refractivity contribution < 1.29 is 4.79 Å². The number of nitrogens with zero attached hydrogens (tertiary/aromatic N) is 1. The van der Waals surface area contributed by atoms with Crippen molar-refractivity contribution in [2.24, 2.45) is 5.92 Å². The number of hydrogen-bond acceptors (Lipinski definition) is 2. The lowest BCUT2D eigenvalue weighted by atomic mass is 10.0. The van der Waals surface area contributed by atoms with Crippen LogP contribution in [0, 0.1) is 5.92 Å². The van der Waals surface area contributed by atoms with Crippen LogP contribution in [0.25, 0.3) is 0 Å². The molecule has 19 heavy (non-hydrogen) atoms. The van der Waals surface area contributed by atoms with Gasteiger partial charge in [-0.25, -0.2) is 0 Å². The molecule has 1 aromatic rings. The monoisotopic (exact) mass is 280 g/mol. The molecule has 1 aliphatic heterocycles. The minimum absolute atomic E-state index is 0.101. The van der Waals surface area contributed by atoms with Crippen LogP contribution in [0.2, 0.25) is 5.02 Å². The van der Waals surface area contributed by atoms with Crippen LogP contribution in [0.15, 0.2) is 24.3 Å². The fourth-order valence-electron chi connectivity index (χ4n) is 2.49. The second-order valence-electron chi connectivity index (χ2n) is 5.39. The predicted octanol–water partition coefficient (Wildman–Crippen LogP) is 2.69. The number of nitrogens with one attached hydrogen (secondary N) is 1. The third-order valence-corrected chi connectivity index (χ3v) is 3.76. The highest BCUT2D eigenvalue weighted by Gasteiger charge is 2.18. The van der Waals surface area contributed by atoms with Crippen LogP contribution < -0.4 is 5.32 Å². The fraction of sp³-hybridized carbons (Fsp3) is 0.533. The third-order valence-electron chi connectivity index (χ3n) is 3.51. The average Bonchev–Trinajstić information content (AvgIpc) is 2.38. The molecule has 0 bridgehead atoms. The molecule has 2 rings (SSSR count). The average molecular weight is 281 g/mol. The second kappa shape index (κ2) is 6.92. The van der Waals surface area contributed by atoms with Crippen LogP contribution in [0.4, 0.5) is 0 Å². The standard InChI is InChI=1S/C15H21ClN2O/c1-12-3-2-8-18(10-12)11-15(19)17-9-13-4-6-14(16)7-5-13/h4-7,12H,2-3,8-11H2,1H3,(H,17,19). The van der Waals surface area contributed by atoms with Crippen LogP contribution in [-0.2, 0) is 11.3 Å². The number of carbonyl (C=O) groups excluding carboxylic acids is 1. The molecule has 104 valence electrons. The lowest BCUT2D eigenvalue weighted by molar-refractivity contribution is -0.122. The largest absolute Gasteiger partial charge is 0.351 e. The van der Waals surface area contributed by atoms with Crippen LogP contribution in [0.1, 0.15) is 25.3 Å². The van der Waals surface area contributed by atoms with E-state index in [0.29, 0.717) is 19.0 Å². The van der Waals surface area contributed by atoms with Crippen molar-refractivity contribution in [1.29, 1.82) is 0 Å². The molecule has 0 aromatic heterocycles.